The summed E-state index contributed by atoms with van der Waals surface area (Å²) in [7, 11) is 0. The van der Waals surface area contributed by atoms with Crippen molar-refractivity contribution in [1.82, 2.24) is 10.6 Å². The number of benzene rings is 1. The maximum atomic E-state index is 14.2. The van der Waals surface area contributed by atoms with Crippen molar-refractivity contribution in [2.75, 3.05) is 13.2 Å². The maximum absolute atomic E-state index is 14.2. The molecule has 0 aliphatic heterocycles. The standard InChI is InChI=1S/C49H69ClN2O9/c1-26(2)38-33(54)23-49(36(55)24-51-41(57)32(25-53)52-40(56)27-10-12-28(50)13-11-27)21-20-47(8)29(39(38)49)14-15-35-46(7)18-17-37(45(5,6)34(46)16-19-48(35,47)9)61-43(60)31-22-30(42(58)59)44(31,3)4/h10-13,26,29-32,34-37,53,55H,14-25H2,1-9H3,(H,51,57)(H,52,56)(H,58,59)/t29-,30+,31-,32-,34+,35-,36+,37+,46+,47-,48-,49+/m1/s1. The zero-order chi connectivity index (χ0) is 44.8. The van der Waals surface area contributed by atoms with E-state index in [4.69, 9.17) is 16.3 Å². The first kappa shape index (κ1) is 45.7. The Balaban J connectivity index is 1.09. The van der Waals surface area contributed by atoms with Crippen molar-refractivity contribution in [1.29, 1.82) is 0 Å². The largest absolute Gasteiger partial charge is 0.481 e. The zero-order valence-electron chi connectivity index (χ0n) is 37.7. The van der Waals surface area contributed by atoms with Gasteiger partial charge in [-0.2, -0.15) is 0 Å². The Morgan fingerprint density at radius 1 is 0.852 bits per heavy atom. The minimum Gasteiger partial charge on any atom is -0.481 e. The van der Waals surface area contributed by atoms with Crippen LogP contribution in [0.25, 0.3) is 0 Å². The Kier molecular flexibility index (Phi) is 11.8. The molecule has 1 aromatic carbocycles. The second-order valence-corrected chi connectivity index (χ2v) is 22.6. The number of carboxylic acids is 1. The molecule has 5 fully saturated rings. The highest BCUT2D eigenvalue weighted by molar-refractivity contribution is 6.30. The van der Waals surface area contributed by atoms with Gasteiger partial charge in [0.05, 0.1) is 24.5 Å². The van der Waals surface area contributed by atoms with Crippen LogP contribution in [0.15, 0.2) is 35.4 Å². The van der Waals surface area contributed by atoms with E-state index in [-0.39, 0.29) is 69.9 Å². The molecule has 7 rings (SSSR count). The minimum absolute atomic E-state index is 0.0111. The summed E-state index contributed by atoms with van der Waals surface area (Å²) in [6.07, 6.45) is 6.19. The molecule has 2 amide bonds. The first-order valence-corrected chi connectivity index (χ1v) is 23.1. The number of rotatable bonds is 11. The van der Waals surface area contributed by atoms with Crippen LogP contribution >= 0.6 is 11.6 Å². The minimum atomic E-state index is -1.24. The smallest absolute Gasteiger partial charge is 0.309 e. The Hall–Kier alpha value is -3.28. The van der Waals surface area contributed by atoms with Crippen molar-refractivity contribution in [2.24, 2.45) is 68.0 Å². The number of aliphatic hydroxyl groups excluding tert-OH is 2. The Bertz CT molecular complexity index is 1990. The van der Waals surface area contributed by atoms with Gasteiger partial charge >= 0.3 is 11.9 Å². The number of carboxylic acid groups (broad SMARTS) is 1. The van der Waals surface area contributed by atoms with Gasteiger partial charge in [0.25, 0.3) is 5.91 Å². The van der Waals surface area contributed by atoms with Crippen molar-refractivity contribution >= 4 is 41.1 Å². The summed E-state index contributed by atoms with van der Waals surface area (Å²) >= 11 is 5.97. The highest BCUT2D eigenvalue weighted by atomic mass is 35.5. The van der Waals surface area contributed by atoms with Crippen LogP contribution in [-0.4, -0.2) is 76.3 Å². The molecule has 336 valence electrons. The average Bonchev–Trinajstić information content (AvgIpc) is 3.50. The number of nitrogens with one attached hydrogen (secondary N) is 2. The first-order chi connectivity index (χ1) is 28.4. The molecule has 0 heterocycles. The van der Waals surface area contributed by atoms with Gasteiger partial charge in [0.1, 0.15) is 12.1 Å². The third-order valence-electron chi connectivity index (χ3n) is 18.6. The number of allylic oxidation sites excluding steroid dienone is 1. The van der Waals surface area contributed by atoms with Gasteiger partial charge in [-0.3, -0.25) is 24.0 Å². The van der Waals surface area contributed by atoms with Gasteiger partial charge < -0.3 is 30.7 Å². The summed E-state index contributed by atoms with van der Waals surface area (Å²) in [4.78, 5) is 65.9. The van der Waals surface area contributed by atoms with Crippen molar-refractivity contribution in [2.45, 2.75) is 145 Å². The van der Waals surface area contributed by atoms with E-state index in [0.717, 1.165) is 56.1 Å². The fourth-order valence-corrected chi connectivity index (χ4v) is 14.9. The lowest BCUT2D eigenvalue weighted by Gasteiger charge is -2.72. The number of aliphatic hydroxyl groups is 2. The lowest BCUT2D eigenvalue weighted by molar-refractivity contribution is -0.238. The van der Waals surface area contributed by atoms with E-state index in [9.17, 15) is 39.3 Å². The molecule has 0 unspecified atom stereocenters. The fourth-order valence-electron chi connectivity index (χ4n) is 14.8. The summed E-state index contributed by atoms with van der Waals surface area (Å²) in [5, 5.41) is 37.9. The van der Waals surface area contributed by atoms with Crippen LogP contribution in [0.1, 0.15) is 137 Å². The number of hydrogen-bond acceptors (Lipinski definition) is 8. The van der Waals surface area contributed by atoms with E-state index in [1.807, 2.05) is 13.8 Å². The molecule has 6 aliphatic carbocycles. The molecule has 0 aromatic heterocycles. The second-order valence-electron chi connectivity index (χ2n) is 22.1. The van der Waals surface area contributed by atoms with E-state index in [1.54, 1.807) is 12.1 Å². The molecule has 5 N–H and O–H groups in total. The van der Waals surface area contributed by atoms with Crippen LogP contribution in [0.5, 0.6) is 0 Å². The molecule has 6 aliphatic rings. The number of aliphatic carboxylic acids is 1. The molecular weight excluding hydrogens is 796 g/mol. The molecule has 0 radical (unpaired) electrons. The van der Waals surface area contributed by atoms with Crippen LogP contribution in [0, 0.1) is 68.0 Å². The second kappa shape index (κ2) is 15.8. The number of fused-ring (bicyclic) bond motifs is 7. The Morgan fingerprint density at radius 3 is 2.13 bits per heavy atom. The fraction of sp³-hybridized carbons (Fsp3) is 0.735. The summed E-state index contributed by atoms with van der Waals surface area (Å²) in [6.45, 7) is 19.0. The van der Waals surface area contributed by atoms with Crippen LogP contribution in [-0.2, 0) is 23.9 Å². The zero-order valence-corrected chi connectivity index (χ0v) is 38.4. The first-order valence-electron chi connectivity index (χ1n) is 22.7. The summed E-state index contributed by atoms with van der Waals surface area (Å²) in [5.41, 5.74) is 0.219. The molecule has 5 saturated carbocycles. The van der Waals surface area contributed by atoms with Gasteiger partial charge in [-0.05, 0) is 133 Å². The lowest BCUT2D eigenvalue weighted by Crippen LogP contribution is -2.66. The number of carbonyl (C=O) groups is 5. The highest BCUT2D eigenvalue weighted by Crippen LogP contribution is 2.77. The number of hydrogen-bond donors (Lipinski definition) is 5. The number of Topliss-reactive ketones (excluding diaryl/α,β-unsaturated/α-hetero) is 1. The van der Waals surface area contributed by atoms with Crippen molar-refractivity contribution < 1.29 is 44.0 Å². The molecule has 12 heteroatoms. The lowest BCUT2D eigenvalue weighted by atomic mass is 9.33. The third kappa shape index (κ3) is 7.00. The number of esters is 1. The number of halogens is 1. The number of ether oxygens (including phenoxy) is 1. The Morgan fingerprint density at radius 2 is 1.52 bits per heavy atom. The van der Waals surface area contributed by atoms with E-state index in [0.29, 0.717) is 29.7 Å². The molecule has 0 saturated heterocycles. The predicted octanol–water partition coefficient (Wildman–Crippen LogP) is 7.55. The van der Waals surface area contributed by atoms with E-state index in [1.165, 1.54) is 12.1 Å². The van der Waals surface area contributed by atoms with Gasteiger partial charge in [-0.25, -0.2) is 0 Å². The monoisotopic (exact) mass is 864 g/mol. The molecule has 1 aromatic rings. The molecule has 61 heavy (non-hydrogen) atoms. The third-order valence-corrected chi connectivity index (χ3v) is 18.8. The van der Waals surface area contributed by atoms with Crippen molar-refractivity contribution in [3.63, 3.8) is 0 Å². The molecular formula is C49H69ClN2O9. The van der Waals surface area contributed by atoms with Crippen LogP contribution < -0.4 is 10.6 Å². The van der Waals surface area contributed by atoms with Gasteiger partial charge in [-0.15, -0.1) is 0 Å². The molecule has 11 nitrogen and oxygen atoms in total. The summed E-state index contributed by atoms with van der Waals surface area (Å²) in [5.74, 6) is -2.42. The van der Waals surface area contributed by atoms with Gasteiger partial charge in [0.15, 0.2) is 5.78 Å². The number of carbonyl (C=O) groups excluding carboxylic acids is 4. The van der Waals surface area contributed by atoms with Crippen LogP contribution in [0.4, 0.5) is 0 Å². The quantitative estimate of drug-likeness (QED) is 0.141. The summed E-state index contributed by atoms with van der Waals surface area (Å²) < 4.78 is 6.40. The molecule has 0 bridgehead atoms. The number of amides is 2. The van der Waals surface area contributed by atoms with Gasteiger partial charge in [-0.1, -0.05) is 79.5 Å². The number of ketones is 1. The van der Waals surface area contributed by atoms with E-state index >= 15 is 0 Å². The topological polar surface area (TPSA) is 179 Å². The highest BCUT2D eigenvalue weighted by Gasteiger charge is 2.71. The van der Waals surface area contributed by atoms with Crippen molar-refractivity contribution in [3.8, 4) is 0 Å². The summed E-state index contributed by atoms with van der Waals surface area (Å²) in [6, 6.07) is 4.96. The predicted molar refractivity (Wildman–Crippen MR) is 231 cm³/mol. The SMILES string of the molecule is CC(C)C1=C2[C@H]3CC[C@@H]4[C@@]5(C)CC[C@H](OC(=O)[C@H]6C[C@@H](C(=O)O)C6(C)C)C(C)(C)[C@@H]5CC[C@@]4(C)[C@]3(C)CC[C@@]2([C@@H](O)CNC(=O)[C@@H](CO)NC(=O)c2ccc(Cl)cc2)CC1=O. The van der Waals surface area contributed by atoms with Crippen molar-refractivity contribution in [3.05, 3.63) is 46.0 Å². The van der Waals surface area contributed by atoms with E-state index < -0.39 is 59.2 Å². The maximum Gasteiger partial charge on any atom is 0.309 e. The van der Waals surface area contributed by atoms with Crippen LogP contribution in [0.2, 0.25) is 5.02 Å². The van der Waals surface area contributed by atoms with E-state index in [2.05, 4.69) is 59.1 Å². The van der Waals surface area contributed by atoms with Gasteiger partial charge in [0, 0.05) is 34.4 Å². The van der Waals surface area contributed by atoms with Crippen LogP contribution in [0.3, 0.4) is 0 Å². The Labute approximate surface area is 366 Å². The molecule has 12 atom stereocenters. The van der Waals surface area contributed by atoms with Gasteiger partial charge in [0.2, 0.25) is 5.91 Å². The average molecular weight is 866 g/mol. The molecule has 0 spiro atoms. The normalized spacial score (nSPS) is 38.1.